The molecule has 3 rings (SSSR count). The van der Waals surface area contributed by atoms with Gasteiger partial charge in [0.25, 0.3) is 0 Å². The van der Waals surface area contributed by atoms with E-state index >= 15 is 0 Å². The Kier molecular flexibility index (Phi) is 1.93. The van der Waals surface area contributed by atoms with Gasteiger partial charge in [-0.25, -0.2) is 0 Å². The lowest BCUT2D eigenvalue weighted by atomic mass is 9.93. The van der Waals surface area contributed by atoms with Gasteiger partial charge in [0.2, 0.25) is 0 Å². The summed E-state index contributed by atoms with van der Waals surface area (Å²) in [6.45, 7) is 0. The maximum atomic E-state index is 11.1. The van der Waals surface area contributed by atoms with Gasteiger partial charge < -0.3 is 0 Å². The standard InChI is InChI=1S/C13H9OP/c14-15-12-8-7-10-4-1-3-9-5-2-6-11(12)13(9)10/h1-8,12H. The van der Waals surface area contributed by atoms with Crippen LogP contribution in [0.2, 0.25) is 0 Å². The predicted molar refractivity (Wildman–Crippen MR) is 63.3 cm³/mol. The molecule has 1 aliphatic rings. The molecule has 0 amide bonds. The SMILES string of the molecule is O=PC1C=Cc2cccc3cccc1c23. The third kappa shape index (κ3) is 1.24. The second-order valence-electron chi connectivity index (χ2n) is 3.70. The summed E-state index contributed by atoms with van der Waals surface area (Å²) in [4.78, 5) is 0. The van der Waals surface area contributed by atoms with E-state index in [2.05, 4.69) is 36.4 Å². The fourth-order valence-electron chi connectivity index (χ4n) is 2.18. The van der Waals surface area contributed by atoms with Crippen LogP contribution in [0.5, 0.6) is 0 Å². The molecule has 2 heteroatoms. The predicted octanol–water partition coefficient (Wildman–Crippen LogP) is 4.20. The van der Waals surface area contributed by atoms with Gasteiger partial charge >= 0.3 is 0 Å². The van der Waals surface area contributed by atoms with Crippen LogP contribution in [0.3, 0.4) is 0 Å². The summed E-state index contributed by atoms with van der Waals surface area (Å²) in [5.41, 5.74) is 2.41. The van der Waals surface area contributed by atoms with Gasteiger partial charge in [-0.15, -0.1) is 0 Å². The monoisotopic (exact) mass is 212 g/mol. The lowest BCUT2D eigenvalue weighted by molar-refractivity contribution is 0.596. The molecule has 0 saturated carbocycles. The van der Waals surface area contributed by atoms with Crippen LogP contribution in [0, 0.1) is 0 Å². The molecule has 1 nitrogen and oxygen atoms in total. The minimum atomic E-state index is 0.0172. The first kappa shape index (κ1) is 8.82. The molecule has 1 unspecified atom stereocenters. The largest absolute Gasteiger partial charge is 0.274 e. The molecule has 0 aliphatic heterocycles. The maximum absolute atomic E-state index is 11.1. The van der Waals surface area contributed by atoms with E-state index in [-0.39, 0.29) is 14.1 Å². The fraction of sp³-hybridized carbons (Fsp3) is 0.0769. The molecule has 0 saturated heterocycles. The smallest absolute Gasteiger partial charge is 0.167 e. The zero-order valence-electron chi connectivity index (χ0n) is 8.05. The van der Waals surface area contributed by atoms with E-state index in [0.29, 0.717) is 0 Å². The molecule has 1 atom stereocenters. The average molecular weight is 212 g/mol. The van der Waals surface area contributed by atoms with Gasteiger partial charge in [-0.2, -0.15) is 0 Å². The summed E-state index contributed by atoms with van der Waals surface area (Å²) in [5, 5.41) is 2.47. The number of allylic oxidation sites excluding steroid dienone is 1. The van der Waals surface area contributed by atoms with Crippen LogP contribution >= 0.6 is 8.46 Å². The van der Waals surface area contributed by atoms with Gasteiger partial charge in [0, 0.05) is 0 Å². The van der Waals surface area contributed by atoms with E-state index in [4.69, 9.17) is 0 Å². The fourth-order valence-corrected chi connectivity index (χ4v) is 2.66. The topological polar surface area (TPSA) is 17.1 Å². The molecule has 0 radical (unpaired) electrons. The van der Waals surface area contributed by atoms with Gasteiger partial charge in [0.05, 0.1) is 5.66 Å². The molecule has 2 aromatic carbocycles. The normalized spacial score (nSPS) is 18.5. The Morgan fingerprint density at radius 2 is 1.87 bits per heavy atom. The lowest BCUT2D eigenvalue weighted by Gasteiger charge is -2.15. The van der Waals surface area contributed by atoms with E-state index in [0.717, 1.165) is 0 Å². The van der Waals surface area contributed by atoms with Crippen LogP contribution in [0.15, 0.2) is 42.5 Å². The quantitative estimate of drug-likeness (QED) is 0.647. The van der Waals surface area contributed by atoms with E-state index in [1.54, 1.807) is 0 Å². The highest BCUT2D eigenvalue weighted by molar-refractivity contribution is 7.24. The van der Waals surface area contributed by atoms with Crippen molar-refractivity contribution >= 4 is 25.3 Å². The van der Waals surface area contributed by atoms with Crippen molar-refractivity contribution in [3.05, 3.63) is 53.6 Å². The van der Waals surface area contributed by atoms with Crippen molar-refractivity contribution in [1.82, 2.24) is 0 Å². The Bertz CT molecular complexity index is 567. The summed E-state index contributed by atoms with van der Waals surface area (Å²) < 4.78 is 11.1. The van der Waals surface area contributed by atoms with Gasteiger partial charge in [0.15, 0.2) is 8.46 Å². The molecule has 2 aromatic rings. The molecule has 72 valence electrons. The number of rotatable bonds is 1. The Labute approximate surface area is 89.6 Å². The molecular weight excluding hydrogens is 203 g/mol. The maximum Gasteiger partial charge on any atom is 0.167 e. The molecule has 0 N–H and O–H groups in total. The second kappa shape index (κ2) is 3.29. The Balaban J connectivity index is 2.46. The van der Waals surface area contributed by atoms with Crippen molar-refractivity contribution in [3.63, 3.8) is 0 Å². The summed E-state index contributed by atoms with van der Waals surface area (Å²) in [6, 6.07) is 12.4. The van der Waals surface area contributed by atoms with Crippen LogP contribution < -0.4 is 0 Å². The Hall–Kier alpha value is -1.46. The van der Waals surface area contributed by atoms with E-state index in [9.17, 15) is 4.57 Å². The van der Waals surface area contributed by atoms with Gasteiger partial charge in [0.1, 0.15) is 0 Å². The number of hydrogen-bond acceptors (Lipinski definition) is 1. The number of benzene rings is 2. The minimum Gasteiger partial charge on any atom is -0.274 e. The summed E-state index contributed by atoms with van der Waals surface area (Å²) in [6.07, 6.45) is 4.07. The molecular formula is C13H9OP. The van der Waals surface area contributed by atoms with Gasteiger partial charge in [-0.1, -0.05) is 48.6 Å². The minimum absolute atomic E-state index is 0.0172. The average Bonchev–Trinajstić information content (AvgIpc) is 2.30. The molecule has 0 fully saturated rings. The number of hydrogen-bond donors (Lipinski definition) is 0. The van der Waals surface area contributed by atoms with Crippen molar-refractivity contribution in [2.45, 2.75) is 5.66 Å². The van der Waals surface area contributed by atoms with Crippen molar-refractivity contribution in [3.8, 4) is 0 Å². The Morgan fingerprint density at radius 3 is 2.67 bits per heavy atom. The van der Waals surface area contributed by atoms with Gasteiger partial charge in [-0.3, -0.25) is 4.57 Å². The molecule has 0 bridgehead atoms. The third-order valence-electron chi connectivity index (χ3n) is 2.86. The van der Waals surface area contributed by atoms with Gasteiger partial charge in [-0.05, 0) is 21.9 Å². The zero-order valence-corrected chi connectivity index (χ0v) is 8.95. The third-order valence-corrected chi connectivity index (χ3v) is 3.54. The summed E-state index contributed by atoms with van der Waals surface area (Å²) in [7, 11) is 0.172. The van der Waals surface area contributed by atoms with Crippen LogP contribution in [0.25, 0.3) is 16.8 Å². The van der Waals surface area contributed by atoms with E-state index < -0.39 is 0 Å². The molecule has 15 heavy (non-hydrogen) atoms. The first-order chi connectivity index (χ1) is 7.40. The van der Waals surface area contributed by atoms with Crippen LogP contribution in [-0.4, -0.2) is 0 Å². The summed E-state index contributed by atoms with van der Waals surface area (Å²) >= 11 is 0. The van der Waals surface area contributed by atoms with E-state index in [1.165, 1.54) is 21.9 Å². The van der Waals surface area contributed by atoms with Crippen LogP contribution in [-0.2, 0) is 4.57 Å². The molecule has 0 heterocycles. The van der Waals surface area contributed by atoms with Crippen LogP contribution in [0.1, 0.15) is 16.8 Å². The highest BCUT2D eigenvalue weighted by Gasteiger charge is 2.16. The first-order valence-corrected chi connectivity index (χ1v) is 5.80. The summed E-state index contributed by atoms with van der Waals surface area (Å²) in [5.74, 6) is 0. The van der Waals surface area contributed by atoms with Crippen molar-refractivity contribution in [2.24, 2.45) is 0 Å². The van der Waals surface area contributed by atoms with Crippen molar-refractivity contribution in [2.75, 3.05) is 0 Å². The lowest BCUT2D eigenvalue weighted by Crippen LogP contribution is -1.95. The molecule has 1 aliphatic carbocycles. The van der Waals surface area contributed by atoms with Crippen LogP contribution in [0.4, 0.5) is 0 Å². The van der Waals surface area contributed by atoms with Crippen molar-refractivity contribution < 1.29 is 4.57 Å². The molecule has 0 spiro atoms. The second-order valence-corrected chi connectivity index (χ2v) is 4.47. The highest BCUT2D eigenvalue weighted by atomic mass is 31.1. The Morgan fingerprint density at radius 1 is 1.07 bits per heavy atom. The van der Waals surface area contributed by atoms with Crippen molar-refractivity contribution in [1.29, 1.82) is 0 Å². The zero-order chi connectivity index (χ0) is 10.3. The first-order valence-electron chi connectivity index (χ1n) is 4.92. The molecule has 0 aromatic heterocycles. The van der Waals surface area contributed by atoms with E-state index in [1.807, 2.05) is 12.1 Å². The highest BCUT2D eigenvalue weighted by Crippen LogP contribution is 2.39.